The van der Waals surface area contributed by atoms with Crippen molar-refractivity contribution >= 4 is 88.2 Å². The zero-order chi connectivity index (χ0) is 56.6. The maximum Gasteiger partial charge on any atom is 0.263 e. The van der Waals surface area contributed by atoms with Crippen molar-refractivity contribution in [2.75, 3.05) is 36.8 Å². The molecule has 0 saturated heterocycles. The molecule has 0 saturated carbocycles. The fourth-order valence-electron chi connectivity index (χ4n) is 7.84. The third-order valence-electron chi connectivity index (χ3n) is 11.8. The van der Waals surface area contributed by atoms with Gasteiger partial charge in [0.25, 0.3) is 31.2 Å². The van der Waals surface area contributed by atoms with Crippen molar-refractivity contribution in [3.8, 4) is 34.0 Å². The highest BCUT2D eigenvalue weighted by Gasteiger charge is 2.24. The highest BCUT2D eigenvalue weighted by Crippen LogP contribution is 2.35. The summed E-state index contributed by atoms with van der Waals surface area (Å²) >= 11 is 12.0. The average molecular weight is 1150 g/mol. The van der Waals surface area contributed by atoms with Gasteiger partial charge in [0.1, 0.15) is 32.8 Å². The van der Waals surface area contributed by atoms with Crippen LogP contribution in [0, 0.1) is 23.5 Å². The largest absolute Gasteiger partial charge is 0.476 e. The lowest BCUT2D eigenvalue weighted by atomic mass is 10.0. The first-order valence-electron chi connectivity index (χ1n) is 23.7. The molecule has 0 unspecified atom stereocenters. The Hall–Kier alpha value is -8.06. The minimum atomic E-state index is -4.23. The smallest absolute Gasteiger partial charge is 0.263 e. The number of carbonyl (C=O) groups is 2. The van der Waals surface area contributed by atoms with Crippen LogP contribution < -0.4 is 40.7 Å². The Labute approximate surface area is 455 Å². The summed E-state index contributed by atoms with van der Waals surface area (Å²) in [5.41, 5.74) is 2.40. The molecule has 4 aromatic carbocycles. The average Bonchev–Trinajstić information content (AvgIpc) is 3.41. The number of benzene rings is 4. The molecule has 0 bridgehead atoms. The Morgan fingerprint density at radius 3 is 1.31 bits per heavy atom. The molecule has 2 amide bonds. The molecular weight excluding hydrogens is 1100 g/mol. The summed E-state index contributed by atoms with van der Waals surface area (Å²) in [6, 6.07) is 18.9. The number of nitrogens with zero attached hydrogens (tertiary/aromatic N) is 6. The van der Waals surface area contributed by atoms with E-state index in [1.54, 1.807) is 64.1 Å². The number of halogens is 4. The standard InChI is InChI=1S/2C26H25ClFN5O5S/c2*1-4-38-25-22(32-39(36,37)23-8-6-18(28)11-20(23)27)10-17(12-30-25)16-5-7-21-19(9-16)26(35)33(14-31-21)13-15(2)24(34)29-3/h2*5-12,14-15,32H,4,13H2,1-3H3,(H,29,34)/t2*15-/m10/s1. The van der Waals surface area contributed by atoms with Gasteiger partial charge in [-0.2, -0.15) is 0 Å². The van der Waals surface area contributed by atoms with Crippen LogP contribution in [-0.2, 0) is 42.7 Å². The van der Waals surface area contributed by atoms with Crippen molar-refractivity contribution < 1.29 is 44.7 Å². The molecule has 4 aromatic heterocycles. The molecule has 4 heterocycles. The van der Waals surface area contributed by atoms with Gasteiger partial charge in [-0.25, -0.2) is 45.6 Å². The van der Waals surface area contributed by atoms with Crippen molar-refractivity contribution in [3.05, 3.63) is 152 Å². The number of aromatic nitrogens is 6. The Bertz CT molecular complexity index is 3710. The summed E-state index contributed by atoms with van der Waals surface area (Å²) < 4.78 is 97.8. The quantitative estimate of drug-likeness (QED) is 0.0643. The number of hydrogen-bond acceptors (Lipinski definition) is 14. The van der Waals surface area contributed by atoms with E-state index in [9.17, 15) is 44.8 Å². The third-order valence-corrected chi connectivity index (χ3v) is 15.5. The SMILES string of the molecule is CCOc1ncc(-c2ccc3ncn(C[C@@H](C)C(=O)NC)c(=O)c3c2)cc1NS(=O)(=O)c1ccc(F)cc1Cl.CCOc1ncc(-c2ccc3ncn(C[C@H](C)C(=O)NC)c(=O)c3c2)cc1NS(=O)(=O)c1ccc(F)cc1Cl. The van der Waals surface area contributed by atoms with Crippen molar-refractivity contribution in [1.82, 2.24) is 39.7 Å². The molecule has 0 fully saturated rings. The number of carbonyl (C=O) groups excluding carboxylic acids is 2. The van der Waals surface area contributed by atoms with E-state index in [-0.39, 0.29) is 92.2 Å². The molecule has 408 valence electrons. The van der Waals surface area contributed by atoms with Gasteiger partial charge in [-0.15, -0.1) is 0 Å². The maximum absolute atomic E-state index is 13.5. The number of fused-ring (bicyclic) bond motifs is 2. The molecule has 0 aliphatic carbocycles. The summed E-state index contributed by atoms with van der Waals surface area (Å²) in [5, 5.41) is 5.18. The fraction of sp³-hybridized carbons (Fsp3) is 0.231. The fourth-order valence-corrected chi connectivity index (χ4v) is 11.0. The first-order valence-corrected chi connectivity index (χ1v) is 27.4. The highest BCUT2D eigenvalue weighted by atomic mass is 35.5. The van der Waals surface area contributed by atoms with E-state index in [1.165, 1.54) is 60.4 Å². The van der Waals surface area contributed by atoms with Crippen molar-refractivity contribution in [2.24, 2.45) is 11.8 Å². The predicted molar refractivity (Wildman–Crippen MR) is 292 cm³/mol. The maximum atomic E-state index is 13.5. The lowest BCUT2D eigenvalue weighted by Crippen LogP contribution is -2.32. The van der Waals surface area contributed by atoms with Gasteiger partial charge in [0.2, 0.25) is 23.6 Å². The van der Waals surface area contributed by atoms with E-state index in [0.29, 0.717) is 44.1 Å². The van der Waals surface area contributed by atoms with E-state index in [0.717, 1.165) is 36.4 Å². The van der Waals surface area contributed by atoms with Crippen LogP contribution in [-0.4, -0.2) is 85.0 Å². The Morgan fingerprint density at radius 1 is 0.577 bits per heavy atom. The van der Waals surface area contributed by atoms with Crippen LogP contribution in [0.25, 0.3) is 44.1 Å². The van der Waals surface area contributed by atoms with Gasteiger partial charge in [0, 0.05) is 50.7 Å². The minimum absolute atomic E-state index is 0.0241. The second-order valence-corrected chi connectivity index (χ2v) is 21.4. The molecule has 20 nitrogen and oxygen atoms in total. The van der Waals surface area contributed by atoms with E-state index < -0.39 is 43.5 Å². The molecule has 0 aliphatic heterocycles. The van der Waals surface area contributed by atoms with Crippen molar-refractivity contribution in [1.29, 1.82) is 0 Å². The molecule has 8 aromatic rings. The van der Waals surface area contributed by atoms with Gasteiger partial charge in [-0.05, 0) is 97.8 Å². The summed E-state index contributed by atoms with van der Waals surface area (Å²) in [4.78, 5) is 66.8. The van der Waals surface area contributed by atoms with Gasteiger partial charge in [0.15, 0.2) is 0 Å². The number of hydrogen-bond donors (Lipinski definition) is 4. The lowest BCUT2D eigenvalue weighted by molar-refractivity contribution is -0.125. The molecule has 4 N–H and O–H groups in total. The summed E-state index contributed by atoms with van der Waals surface area (Å²) in [7, 11) is -5.41. The van der Waals surface area contributed by atoms with Crippen molar-refractivity contribution in [3.63, 3.8) is 0 Å². The van der Waals surface area contributed by atoms with Gasteiger partial charge >= 0.3 is 0 Å². The first kappa shape index (κ1) is 57.6. The Balaban J connectivity index is 0.000000226. The van der Waals surface area contributed by atoms with Crippen molar-refractivity contribution in [2.45, 2.75) is 50.6 Å². The summed E-state index contributed by atoms with van der Waals surface area (Å²) in [6.07, 6.45) is 5.76. The van der Waals surface area contributed by atoms with Gasteiger partial charge < -0.3 is 20.1 Å². The Morgan fingerprint density at radius 2 is 0.962 bits per heavy atom. The van der Waals surface area contributed by atoms with Crippen LogP contribution in [0.1, 0.15) is 27.7 Å². The molecule has 0 radical (unpaired) electrons. The Kier molecular flexibility index (Phi) is 18.1. The van der Waals surface area contributed by atoms with Crippen LogP contribution in [0.3, 0.4) is 0 Å². The zero-order valence-corrected chi connectivity index (χ0v) is 45.6. The zero-order valence-electron chi connectivity index (χ0n) is 42.5. The molecule has 0 aliphatic rings. The summed E-state index contributed by atoms with van der Waals surface area (Å²) in [6.45, 7) is 7.58. The van der Waals surface area contributed by atoms with E-state index in [1.807, 2.05) is 0 Å². The molecule has 26 heteroatoms. The number of sulfonamides is 2. The van der Waals surface area contributed by atoms with E-state index in [4.69, 9.17) is 32.7 Å². The van der Waals surface area contributed by atoms with Crippen LogP contribution in [0.4, 0.5) is 20.2 Å². The first-order chi connectivity index (χ1) is 37.1. The van der Waals surface area contributed by atoms with Crippen LogP contribution in [0.15, 0.2) is 129 Å². The van der Waals surface area contributed by atoms with E-state index in [2.05, 4.69) is 40.0 Å². The third kappa shape index (κ3) is 13.2. The van der Waals surface area contributed by atoms with Gasteiger partial charge in [0.05, 0.1) is 69.6 Å². The summed E-state index contributed by atoms with van der Waals surface area (Å²) in [5.74, 6) is -2.60. The van der Waals surface area contributed by atoms with Crippen LogP contribution >= 0.6 is 23.2 Å². The second-order valence-electron chi connectivity index (χ2n) is 17.3. The molecule has 78 heavy (non-hydrogen) atoms. The number of nitrogens with one attached hydrogen (secondary N) is 4. The number of anilines is 2. The molecule has 2 atom stereocenters. The monoisotopic (exact) mass is 1150 g/mol. The number of rotatable bonds is 18. The molecule has 8 rings (SSSR count). The number of pyridine rings is 2. The number of ether oxygens (including phenoxy) is 2. The van der Waals surface area contributed by atoms with E-state index >= 15 is 0 Å². The molecular formula is C52H50Cl2F2N10O10S2. The predicted octanol–water partition coefficient (Wildman–Crippen LogP) is 7.67. The molecule has 0 spiro atoms. The minimum Gasteiger partial charge on any atom is -0.476 e. The normalized spacial score (nSPS) is 12.2. The highest BCUT2D eigenvalue weighted by molar-refractivity contribution is 7.93. The number of amides is 2. The van der Waals surface area contributed by atoms with Gasteiger partial charge in [-0.3, -0.25) is 37.8 Å². The topological polar surface area (TPSA) is 265 Å². The van der Waals surface area contributed by atoms with Gasteiger partial charge in [-0.1, -0.05) is 49.2 Å². The van der Waals surface area contributed by atoms with Crippen LogP contribution in [0.2, 0.25) is 10.0 Å². The van der Waals surface area contributed by atoms with Crippen LogP contribution in [0.5, 0.6) is 11.8 Å². The lowest BCUT2D eigenvalue weighted by Gasteiger charge is -2.15. The second kappa shape index (κ2) is 24.5.